The average Bonchev–Trinajstić information content (AvgIpc) is 2.45. The number of primary amides is 1. The van der Waals surface area contributed by atoms with E-state index in [1.165, 1.54) is 6.42 Å². The smallest absolute Gasteiger partial charge is 0.237 e. The number of nitrogens with one attached hydrogen (secondary N) is 1. The molecular formula is C16H34N4O. The van der Waals surface area contributed by atoms with Crippen molar-refractivity contribution in [2.45, 2.75) is 64.6 Å². The molecule has 0 aromatic heterocycles. The molecular weight excluding hydrogens is 264 g/mol. The number of piperazine rings is 1. The summed E-state index contributed by atoms with van der Waals surface area (Å²) in [6.07, 6.45) is 2.94. The Hall–Kier alpha value is -0.650. The molecule has 3 unspecified atom stereocenters. The Kier molecular flexibility index (Phi) is 7.10. The van der Waals surface area contributed by atoms with Crippen molar-refractivity contribution in [1.82, 2.24) is 15.1 Å². The lowest BCUT2D eigenvalue weighted by Gasteiger charge is -2.43. The number of carbonyl (C=O) groups is 1. The van der Waals surface area contributed by atoms with Crippen molar-refractivity contribution in [2.75, 3.05) is 33.2 Å². The van der Waals surface area contributed by atoms with Gasteiger partial charge in [0.2, 0.25) is 5.91 Å². The van der Waals surface area contributed by atoms with Gasteiger partial charge in [-0.3, -0.25) is 9.69 Å². The number of nitrogens with zero attached hydrogens (tertiary/aromatic N) is 2. The second-order valence-corrected chi connectivity index (χ2v) is 6.71. The molecule has 0 aromatic carbocycles. The van der Waals surface area contributed by atoms with Gasteiger partial charge in [0.1, 0.15) is 0 Å². The van der Waals surface area contributed by atoms with Crippen LogP contribution in [0.1, 0.15) is 47.0 Å². The molecule has 0 aliphatic carbocycles. The third kappa shape index (κ3) is 4.94. The molecule has 1 fully saturated rings. The summed E-state index contributed by atoms with van der Waals surface area (Å²) in [4.78, 5) is 16.8. The molecule has 1 rings (SSSR count). The maximum atomic E-state index is 11.9. The molecule has 5 nitrogen and oxygen atoms in total. The number of rotatable bonds is 8. The van der Waals surface area contributed by atoms with E-state index in [4.69, 9.17) is 5.73 Å². The summed E-state index contributed by atoms with van der Waals surface area (Å²) >= 11 is 0. The second-order valence-electron chi connectivity index (χ2n) is 6.71. The highest BCUT2D eigenvalue weighted by atomic mass is 16.1. The third-order valence-corrected chi connectivity index (χ3v) is 4.92. The van der Waals surface area contributed by atoms with E-state index in [9.17, 15) is 4.79 Å². The van der Waals surface area contributed by atoms with Crippen LogP contribution < -0.4 is 11.1 Å². The summed E-state index contributed by atoms with van der Waals surface area (Å²) in [6, 6.07) is 0.972. The SMILES string of the molecule is CCCNC(C)(CC(C)N1CCN(C)C(CC)C1)C(N)=O. The molecule has 3 N–H and O–H groups in total. The highest BCUT2D eigenvalue weighted by Gasteiger charge is 2.35. The van der Waals surface area contributed by atoms with Crippen LogP contribution in [0, 0.1) is 0 Å². The van der Waals surface area contributed by atoms with Gasteiger partial charge in [-0.05, 0) is 46.7 Å². The van der Waals surface area contributed by atoms with Gasteiger partial charge in [0, 0.05) is 31.7 Å². The molecule has 0 radical (unpaired) electrons. The van der Waals surface area contributed by atoms with Crippen LogP contribution in [0.15, 0.2) is 0 Å². The molecule has 1 amide bonds. The molecule has 5 heteroatoms. The fourth-order valence-electron chi connectivity index (χ4n) is 3.19. The number of amides is 1. The Morgan fingerprint density at radius 3 is 2.62 bits per heavy atom. The number of carbonyl (C=O) groups excluding carboxylic acids is 1. The van der Waals surface area contributed by atoms with Crippen LogP contribution in [-0.2, 0) is 4.79 Å². The molecule has 1 aliphatic rings. The monoisotopic (exact) mass is 298 g/mol. The fourth-order valence-corrected chi connectivity index (χ4v) is 3.19. The maximum Gasteiger partial charge on any atom is 0.237 e. The molecule has 1 heterocycles. The molecule has 0 saturated carbocycles. The van der Waals surface area contributed by atoms with Crippen LogP contribution >= 0.6 is 0 Å². The van der Waals surface area contributed by atoms with Crippen molar-refractivity contribution in [2.24, 2.45) is 5.73 Å². The Balaban J connectivity index is 2.64. The molecule has 124 valence electrons. The predicted molar refractivity (Wildman–Crippen MR) is 88.3 cm³/mol. The summed E-state index contributed by atoms with van der Waals surface area (Å²) in [5.74, 6) is -0.246. The van der Waals surface area contributed by atoms with Crippen molar-refractivity contribution < 1.29 is 4.79 Å². The zero-order valence-electron chi connectivity index (χ0n) is 14.5. The molecule has 3 atom stereocenters. The van der Waals surface area contributed by atoms with Crippen molar-refractivity contribution in [3.63, 3.8) is 0 Å². The predicted octanol–water partition coefficient (Wildman–Crippen LogP) is 1.03. The quantitative estimate of drug-likeness (QED) is 0.703. The zero-order valence-corrected chi connectivity index (χ0v) is 14.5. The molecule has 1 saturated heterocycles. The molecule has 0 bridgehead atoms. The van der Waals surface area contributed by atoms with Crippen molar-refractivity contribution >= 4 is 5.91 Å². The van der Waals surface area contributed by atoms with E-state index >= 15 is 0 Å². The average molecular weight is 298 g/mol. The van der Waals surface area contributed by atoms with E-state index < -0.39 is 5.54 Å². The van der Waals surface area contributed by atoms with E-state index in [2.05, 4.69) is 42.9 Å². The van der Waals surface area contributed by atoms with Gasteiger partial charge in [0.25, 0.3) is 0 Å². The number of hydrogen-bond donors (Lipinski definition) is 2. The normalized spacial score (nSPS) is 25.5. The first-order valence-corrected chi connectivity index (χ1v) is 8.33. The van der Waals surface area contributed by atoms with Crippen LogP contribution in [0.25, 0.3) is 0 Å². The lowest BCUT2D eigenvalue weighted by atomic mass is 9.91. The highest BCUT2D eigenvalue weighted by molar-refractivity contribution is 5.84. The van der Waals surface area contributed by atoms with Gasteiger partial charge >= 0.3 is 0 Å². The van der Waals surface area contributed by atoms with E-state index in [1.807, 2.05) is 6.92 Å². The first kappa shape index (κ1) is 18.4. The van der Waals surface area contributed by atoms with E-state index in [-0.39, 0.29) is 5.91 Å². The standard InChI is InChI=1S/C16H34N4O/c1-6-8-18-16(4,15(17)21)11-13(3)20-10-9-19(5)14(7-2)12-20/h13-14,18H,6-12H2,1-5H3,(H2,17,21). The molecule has 1 aliphatic heterocycles. The van der Waals surface area contributed by atoms with E-state index in [0.717, 1.165) is 39.0 Å². The molecule has 0 aromatic rings. The van der Waals surface area contributed by atoms with E-state index in [1.54, 1.807) is 0 Å². The Labute approximate surface area is 130 Å². The van der Waals surface area contributed by atoms with Crippen molar-refractivity contribution in [3.05, 3.63) is 0 Å². The van der Waals surface area contributed by atoms with Gasteiger partial charge in [0.05, 0.1) is 5.54 Å². The second kappa shape index (κ2) is 8.11. The summed E-state index contributed by atoms with van der Waals surface area (Å²) < 4.78 is 0. The first-order chi connectivity index (χ1) is 9.84. The van der Waals surface area contributed by atoms with E-state index in [0.29, 0.717) is 12.1 Å². The molecule has 0 spiro atoms. The first-order valence-electron chi connectivity index (χ1n) is 8.33. The number of nitrogens with two attached hydrogens (primary N) is 1. The maximum absolute atomic E-state index is 11.9. The van der Waals surface area contributed by atoms with Gasteiger partial charge < -0.3 is 16.0 Å². The zero-order chi connectivity index (χ0) is 16.0. The van der Waals surface area contributed by atoms with Crippen LogP contribution in [0.3, 0.4) is 0 Å². The largest absolute Gasteiger partial charge is 0.368 e. The minimum atomic E-state index is -0.611. The highest BCUT2D eigenvalue weighted by Crippen LogP contribution is 2.20. The summed E-state index contributed by atoms with van der Waals surface area (Å²) in [6.45, 7) is 12.6. The molecule has 21 heavy (non-hydrogen) atoms. The summed E-state index contributed by atoms with van der Waals surface area (Å²) in [5.41, 5.74) is 5.03. The van der Waals surface area contributed by atoms with Gasteiger partial charge in [-0.2, -0.15) is 0 Å². The van der Waals surface area contributed by atoms with Gasteiger partial charge in [-0.25, -0.2) is 0 Å². The topological polar surface area (TPSA) is 61.6 Å². The summed E-state index contributed by atoms with van der Waals surface area (Å²) in [7, 11) is 2.20. The van der Waals surface area contributed by atoms with Gasteiger partial charge in [0.15, 0.2) is 0 Å². The lowest BCUT2D eigenvalue weighted by molar-refractivity contribution is -0.124. The van der Waals surface area contributed by atoms with Gasteiger partial charge in [-0.15, -0.1) is 0 Å². The Bertz CT molecular complexity index is 336. The Morgan fingerprint density at radius 2 is 2.10 bits per heavy atom. The summed E-state index contributed by atoms with van der Waals surface area (Å²) in [5, 5.41) is 3.34. The van der Waals surface area contributed by atoms with Crippen LogP contribution in [0.4, 0.5) is 0 Å². The Morgan fingerprint density at radius 1 is 1.43 bits per heavy atom. The van der Waals surface area contributed by atoms with Crippen LogP contribution in [0.2, 0.25) is 0 Å². The minimum Gasteiger partial charge on any atom is -0.368 e. The third-order valence-electron chi connectivity index (χ3n) is 4.92. The lowest BCUT2D eigenvalue weighted by Crippen LogP contribution is -2.59. The number of hydrogen-bond acceptors (Lipinski definition) is 4. The van der Waals surface area contributed by atoms with Crippen LogP contribution in [-0.4, -0.2) is 66.6 Å². The number of likely N-dealkylation sites (N-methyl/N-ethyl adjacent to an activating group) is 1. The van der Waals surface area contributed by atoms with Gasteiger partial charge in [-0.1, -0.05) is 13.8 Å². The van der Waals surface area contributed by atoms with Crippen molar-refractivity contribution in [3.8, 4) is 0 Å². The fraction of sp³-hybridized carbons (Fsp3) is 0.938. The van der Waals surface area contributed by atoms with Crippen LogP contribution in [0.5, 0.6) is 0 Å². The minimum absolute atomic E-state index is 0.246. The van der Waals surface area contributed by atoms with Crippen molar-refractivity contribution in [1.29, 1.82) is 0 Å².